The predicted molar refractivity (Wildman–Crippen MR) is 71.2 cm³/mol. The SMILES string of the molecule is CCNC(c1ccc(C(F)(F)F)cn1)c1ccccc1F. The van der Waals surface area contributed by atoms with Crippen molar-refractivity contribution in [3.05, 3.63) is 65.2 Å². The summed E-state index contributed by atoms with van der Waals surface area (Å²) in [6, 6.07) is 7.76. The Morgan fingerprint density at radius 1 is 1.14 bits per heavy atom. The van der Waals surface area contributed by atoms with Crippen LogP contribution in [0.2, 0.25) is 0 Å². The molecule has 0 aliphatic carbocycles. The fourth-order valence-corrected chi connectivity index (χ4v) is 2.03. The number of hydrogen-bond donors (Lipinski definition) is 1. The number of alkyl halides is 3. The molecule has 112 valence electrons. The summed E-state index contributed by atoms with van der Waals surface area (Å²) in [6.45, 7) is 2.36. The number of rotatable bonds is 4. The molecule has 0 aliphatic rings. The molecular formula is C15H14F4N2. The van der Waals surface area contributed by atoms with Crippen molar-refractivity contribution in [1.82, 2.24) is 10.3 Å². The molecule has 2 nitrogen and oxygen atoms in total. The smallest absolute Gasteiger partial charge is 0.305 e. The zero-order chi connectivity index (χ0) is 15.5. The van der Waals surface area contributed by atoms with Crippen molar-refractivity contribution in [2.75, 3.05) is 6.54 Å². The minimum atomic E-state index is -4.43. The molecule has 0 spiro atoms. The Morgan fingerprint density at radius 3 is 2.38 bits per heavy atom. The highest BCUT2D eigenvalue weighted by molar-refractivity contribution is 5.30. The quantitative estimate of drug-likeness (QED) is 0.865. The number of pyridine rings is 1. The summed E-state index contributed by atoms with van der Waals surface area (Å²) in [4.78, 5) is 3.83. The predicted octanol–water partition coefficient (Wildman–Crippen LogP) is 3.94. The standard InChI is InChI=1S/C15H14F4N2/c1-2-20-14(11-5-3-4-6-12(11)16)13-8-7-10(9-21-13)15(17,18)19/h3-9,14,20H,2H2,1H3. The van der Waals surface area contributed by atoms with Crippen LogP contribution in [-0.4, -0.2) is 11.5 Å². The van der Waals surface area contributed by atoms with Gasteiger partial charge in [-0.25, -0.2) is 4.39 Å². The second kappa shape index (κ2) is 6.22. The van der Waals surface area contributed by atoms with Gasteiger partial charge in [0.2, 0.25) is 0 Å². The highest BCUT2D eigenvalue weighted by Crippen LogP contribution is 2.30. The molecule has 2 aromatic rings. The molecule has 1 atom stereocenters. The molecule has 1 aromatic heterocycles. The van der Waals surface area contributed by atoms with Gasteiger partial charge < -0.3 is 5.32 Å². The van der Waals surface area contributed by atoms with E-state index in [0.717, 1.165) is 12.3 Å². The van der Waals surface area contributed by atoms with Gasteiger partial charge in [-0.05, 0) is 24.7 Å². The van der Waals surface area contributed by atoms with Crippen LogP contribution in [0.5, 0.6) is 0 Å². The molecule has 1 heterocycles. The average molecular weight is 298 g/mol. The van der Waals surface area contributed by atoms with Gasteiger partial charge in [0.05, 0.1) is 17.3 Å². The lowest BCUT2D eigenvalue weighted by atomic mass is 10.0. The van der Waals surface area contributed by atoms with Gasteiger partial charge in [0.15, 0.2) is 0 Å². The van der Waals surface area contributed by atoms with E-state index in [4.69, 9.17) is 0 Å². The Kier molecular flexibility index (Phi) is 4.57. The minimum absolute atomic E-state index is 0.343. The van der Waals surface area contributed by atoms with Crippen molar-refractivity contribution in [3.8, 4) is 0 Å². The lowest BCUT2D eigenvalue weighted by molar-refractivity contribution is -0.137. The van der Waals surface area contributed by atoms with Crippen LogP contribution in [0, 0.1) is 5.82 Å². The van der Waals surface area contributed by atoms with E-state index in [1.807, 2.05) is 6.92 Å². The highest BCUT2D eigenvalue weighted by atomic mass is 19.4. The molecule has 0 aliphatic heterocycles. The molecular weight excluding hydrogens is 284 g/mol. The number of benzene rings is 1. The van der Waals surface area contributed by atoms with E-state index in [2.05, 4.69) is 10.3 Å². The van der Waals surface area contributed by atoms with Crippen LogP contribution in [0.15, 0.2) is 42.6 Å². The molecule has 0 saturated heterocycles. The first kappa shape index (κ1) is 15.4. The molecule has 21 heavy (non-hydrogen) atoms. The Hall–Kier alpha value is -1.95. The Labute approximate surface area is 119 Å². The maximum absolute atomic E-state index is 13.9. The molecule has 0 saturated carbocycles. The van der Waals surface area contributed by atoms with Crippen LogP contribution in [0.25, 0.3) is 0 Å². The topological polar surface area (TPSA) is 24.9 Å². The van der Waals surface area contributed by atoms with Crippen LogP contribution in [0.4, 0.5) is 17.6 Å². The summed E-state index contributed by atoms with van der Waals surface area (Å²) in [7, 11) is 0. The first-order valence-electron chi connectivity index (χ1n) is 6.44. The van der Waals surface area contributed by atoms with Gasteiger partial charge in [-0.1, -0.05) is 25.1 Å². The normalized spacial score (nSPS) is 13.2. The summed E-state index contributed by atoms with van der Waals surface area (Å²) in [6.07, 6.45) is -3.67. The summed E-state index contributed by atoms with van der Waals surface area (Å²) in [5, 5.41) is 3.03. The van der Waals surface area contributed by atoms with Crippen molar-refractivity contribution in [2.45, 2.75) is 19.1 Å². The van der Waals surface area contributed by atoms with Gasteiger partial charge in [-0.15, -0.1) is 0 Å². The van der Waals surface area contributed by atoms with E-state index in [1.54, 1.807) is 18.2 Å². The van der Waals surface area contributed by atoms with E-state index in [-0.39, 0.29) is 0 Å². The van der Waals surface area contributed by atoms with E-state index in [1.165, 1.54) is 12.1 Å². The Morgan fingerprint density at radius 2 is 1.86 bits per heavy atom. The number of nitrogens with zero attached hydrogens (tertiary/aromatic N) is 1. The van der Waals surface area contributed by atoms with Crippen molar-refractivity contribution >= 4 is 0 Å². The summed E-state index contributed by atoms with van der Waals surface area (Å²) in [5.41, 5.74) is -0.128. The van der Waals surface area contributed by atoms with Gasteiger partial charge in [0.1, 0.15) is 5.82 Å². The molecule has 6 heteroatoms. The summed E-state index contributed by atoms with van der Waals surface area (Å²) in [5.74, 6) is -0.426. The minimum Gasteiger partial charge on any atom is -0.305 e. The number of nitrogens with one attached hydrogen (secondary N) is 1. The highest BCUT2D eigenvalue weighted by Gasteiger charge is 2.31. The molecule has 1 aromatic carbocycles. The van der Waals surface area contributed by atoms with Crippen molar-refractivity contribution < 1.29 is 17.6 Å². The third kappa shape index (κ3) is 3.58. The maximum atomic E-state index is 13.9. The molecule has 0 amide bonds. The summed E-state index contributed by atoms with van der Waals surface area (Å²) < 4.78 is 51.5. The third-order valence-electron chi connectivity index (χ3n) is 3.03. The Balaban J connectivity index is 2.37. The molecule has 2 rings (SSSR count). The first-order valence-corrected chi connectivity index (χ1v) is 6.44. The van der Waals surface area contributed by atoms with Crippen LogP contribution in [-0.2, 0) is 6.18 Å². The molecule has 0 bridgehead atoms. The summed E-state index contributed by atoms with van der Waals surface area (Å²) >= 11 is 0. The first-order chi connectivity index (χ1) is 9.93. The Bertz CT molecular complexity index is 593. The lowest BCUT2D eigenvalue weighted by Crippen LogP contribution is -2.24. The van der Waals surface area contributed by atoms with Gasteiger partial charge in [-0.3, -0.25) is 4.98 Å². The van der Waals surface area contributed by atoms with Crippen LogP contribution in [0.1, 0.15) is 29.8 Å². The molecule has 0 radical (unpaired) electrons. The van der Waals surface area contributed by atoms with Gasteiger partial charge in [0.25, 0.3) is 0 Å². The van der Waals surface area contributed by atoms with Crippen LogP contribution < -0.4 is 5.32 Å². The monoisotopic (exact) mass is 298 g/mol. The second-order valence-corrected chi connectivity index (χ2v) is 4.48. The molecule has 1 N–H and O–H groups in total. The average Bonchev–Trinajstić information content (AvgIpc) is 2.45. The van der Waals surface area contributed by atoms with Gasteiger partial charge in [0, 0.05) is 11.8 Å². The van der Waals surface area contributed by atoms with Gasteiger partial charge in [-0.2, -0.15) is 13.2 Å². The largest absolute Gasteiger partial charge is 0.417 e. The number of halogens is 4. The van der Waals surface area contributed by atoms with Crippen molar-refractivity contribution in [2.24, 2.45) is 0 Å². The lowest BCUT2D eigenvalue weighted by Gasteiger charge is -2.19. The van der Waals surface area contributed by atoms with E-state index < -0.39 is 23.6 Å². The fraction of sp³-hybridized carbons (Fsp3) is 0.267. The van der Waals surface area contributed by atoms with Crippen LogP contribution in [0.3, 0.4) is 0 Å². The molecule has 0 fully saturated rings. The zero-order valence-electron chi connectivity index (χ0n) is 11.3. The maximum Gasteiger partial charge on any atom is 0.417 e. The van der Waals surface area contributed by atoms with E-state index in [0.29, 0.717) is 17.8 Å². The third-order valence-corrected chi connectivity index (χ3v) is 3.03. The van der Waals surface area contributed by atoms with E-state index in [9.17, 15) is 17.6 Å². The second-order valence-electron chi connectivity index (χ2n) is 4.48. The number of aromatic nitrogens is 1. The van der Waals surface area contributed by atoms with Crippen molar-refractivity contribution in [3.63, 3.8) is 0 Å². The van der Waals surface area contributed by atoms with Gasteiger partial charge >= 0.3 is 6.18 Å². The number of hydrogen-bond acceptors (Lipinski definition) is 2. The zero-order valence-corrected chi connectivity index (χ0v) is 11.3. The molecule has 1 unspecified atom stereocenters. The van der Waals surface area contributed by atoms with Crippen LogP contribution >= 0.6 is 0 Å². The fourth-order valence-electron chi connectivity index (χ4n) is 2.03. The van der Waals surface area contributed by atoms with Crippen molar-refractivity contribution in [1.29, 1.82) is 0 Å². The van der Waals surface area contributed by atoms with E-state index >= 15 is 0 Å².